The summed E-state index contributed by atoms with van der Waals surface area (Å²) in [5.41, 5.74) is 1.16. The number of benzene rings is 1. The highest BCUT2D eigenvalue weighted by Gasteiger charge is 2.06. The molecular weight excluding hydrogens is 252 g/mol. The van der Waals surface area contributed by atoms with E-state index in [1.54, 1.807) is 0 Å². The fraction of sp³-hybridized carbons (Fsp3) is 0. The minimum absolute atomic E-state index is 0.207. The van der Waals surface area contributed by atoms with E-state index in [-0.39, 0.29) is 5.69 Å². The van der Waals surface area contributed by atoms with Gasteiger partial charge in [0.05, 0.1) is 17.9 Å². The largest absolute Gasteiger partial charge is 0.285 e. The molecule has 0 saturated carbocycles. The van der Waals surface area contributed by atoms with Gasteiger partial charge < -0.3 is 0 Å². The molecule has 1 aromatic carbocycles. The van der Waals surface area contributed by atoms with E-state index in [4.69, 9.17) is 11.6 Å². The van der Waals surface area contributed by atoms with E-state index in [1.165, 1.54) is 12.4 Å². The Morgan fingerprint density at radius 3 is 2.67 bits per heavy atom. The summed E-state index contributed by atoms with van der Waals surface area (Å²) in [4.78, 5) is 18.5. The van der Waals surface area contributed by atoms with Gasteiger partial charge in [-0.05, 0) is 29.4 Å². The summed E-state index contributed by atoms with van der Waals surface area (Å²) >= 11 is 5.93. The second kappa shape index (κ2) is 4.19. The Morgan fingerprint density at radius 1 is 1.17 bits per heavy atom. The number of nitrogens with zero attached hydrogens (tertiary/aromatic N) is 4. The fourth-order valence-corrected chi connectivity index (χ4v) is 1.95. The quantitative estimate of drug-likeness (QED) is 0.661. The van der Waals surface area contributed by atoms with Crippen LogP contribution >= 0.6 is 11.6 Å². The van der Waals surface area contributed by atoms with Crippen LogP contribution in [-0.2, 0) is 0 Å². The normalized spacial score (nSPS) is 10.7. The molecule has 3 rings (SSSR count). The molecule has 0 aliphatic rings. The van der Waals surface area contributed by atoms with Crippen molar-refractivity contribution in [2.45, 2.75) is 0 Å². The predicted octanol–water partition coefficient (Wildman–Crippen LogP) is 3.47. The van der Waals surface area contributed by atoms with Crippen molar-refractivity contribution in [3.63, 3.8) is 0 Å². The van der Waals surface area contributed by atoms with Crippen LogP contribution in [0.4, 0.5) is 5.69 Å². The summed E-state index contributed by atoms with van der Waals surface area (Å²) in [6.45, 7) is 0. The van der Waals surface area contributed by atoms with Gasteiger partial charge in [0, 0.05) is 16.6 Å². The minimum atomic E-state index is 0.207. The first kappa shape index (κ1) is 10.9. The second-order valence-corrected chi connectivity index (χ2v) is 4.16. The van der Waals surface area contributed by atoms with Gasteiger partial charge in [0.1, 0.15) is 5.69 Å². The lowest BCUT2D eigenvalue weighted by Gasteiger charge is -2.02. The summed E-state index contributed by atoms with van der Waals surface area (Å²) in [6, 6.07) is 7.50. The fourth-order valence-electron chi connectivity index (χ4n) is 1.77. The Morgan fingerprint density at radius 2 is 1.94 bits per heavy atom. The van der Waals surface area contributed by atoms with E-state index in [9.17, 15) is 4.91 Å². The van der Waals surface area contributed by atoms with Gasteiger partial charge in [-0.2, -0.15) is 0 Å². The van der Waals surface area contributed by atoms with Gasteiger partial charge in [0.2, 0.25) is 5.95 Å². The zero-order valence-corrected chi connectivity index (χ0v) is 9.87. The van der Waals surface area contributed by atoms with Crippen LogP contribution in [0.15, 0.2) is 48.0 Å². The Labute approximate surface area is 107 Å². The monoisotopic (exact) mass is 258 g/mol. The van der Waals surface area contributed by atoms with Crippen LogP contribution in [0.2, 0.25) is 5.02 Å². The Balaban J connectivity index is 2.15. The average Bonchev–Trinajstić information content (AvgIpc) is 2.81. The van der Waals surface area contributed by atoms with Crippen LogP contribution in [0.3, 0.4) is 0 Å². The molecule has 0 amide bonds. The van der Waals surface area contributed by atoms with Crippen LogP contribution in [0.1, 0.15) is 0 Å². The zero-order chi connectivity index (χ0) is 12.5. The first-order chi connectivity index (χ1) is 8.78. The summed E-state index contributed by atoms with van der Waals surface area (Å²) in [5.74, 6) is 0.486. The number of aromatic nitrogens is 3. The minimum Gasteiger partial charge on any atom is -0.285 e. The Bertz CT molecular complexity index is 721. The molecular formula is C12H7ClN4O. The topological polar surface area (TPSA) is 60.1 Å². The van der Waals surface area contributed by atoms with E-state index >= 15 is 0 Å². The van der Waals surface area contributed by atoms with Crippen LogP contribution < -0.4 is 0 Å². The smallest absolute Gasteiger partial charge is 0.234 e. The van der Waals surface area contributed by atoms with E-state index in [2.05, 4.69) is 15.1 Å². The maximum absolute atomic E-state index is 10.3. The zero-order valence-electron chi connectivity index (χ0n) is 9.12. The molecule has 88 valence electrons. The van der Waals surface area contributed by atoms with Crippen molar-refractivity contribution in [1.82, 2.24) is 14.5 Å². The van der Waals surface area contributed by atoms with Gasteiger partial charge in [0.25, 0.3) is 0 Å². The molecule has 0 bridgehead atoms. The number of rotatable bonds is 2. The molecule has 18 heavy (non-hydrogen) atoms. The number of halogens is 1. The number of hydrogen-bond acceptors (Lipinski definition) is 4. The van der Waals surface area contributed by atoms with Gasteiger partial charge in [-0.3, -0.25) is 4.57 Å². The highest BCUT2D eigenvalue weighted by Crippen LogP contribution is 2.22. The van der Waals surface area contributed by atoms with E-state index in [0.717, 1.165) is 10.9 Å². The lowest BCUT2D eigenvalue weighted by atomic mass is 10.2. The van der Waals surface area contributed by atoms with Gasteiger partial charge in [0.15, 0.2) is 0 Å². The third kappa shape index (κ3) is 1.74. The standard InChI is InChI=1S/C12H7ClN4O/c13-9-1-2-11-8(5-9)3-4-17(11)12-14-6-10(16-18)7-15-12/h1-7H. The van der Waals surface area contributed by atoms with Gasteiger partial charge in [-0.1, -0.05) is 11.6 Å². The molecule has 2 heterocycles. The number of fused-ring (bicyclic) bond motifs is 1. The van der Waals surface area contributed by atoms with E-state index in [0.29, 0.717) is 11.0 Å². The molecule has 0 radical (unpaired) electrons. The second-order valence-electron chi connectivity index (χ2n) is 3.72. The molecule has 0 spiro atoms. The van der Waals surface area contributed by atoms with Gasteiger partial charge >= 0.3 is 0 Å². The van der Waals surface area contributed by atoms with Crippen molar-refractivity contribution < 1.29 is 0 Å². The first-order valence-electron chi connectivity index (χ1n) is 5.20. The molecule has 6 heteroatoms. The molecule has 5 nitrogen and oxygen atoms in total. The summed E-state index contributed by atoms with van der Waals surface area (Å²) in [6.07, 6.45) is 4.62. The van der Waals surface area contributed by atoms with Crippen molar-refractivity contribution in [3.05, 3.63) is 52.8 Å². The predicted molar refractivity (Wildman–Crippen MR) is 69.3 cm³/mol. The Hall–Kier alpha value is -2.27. The van der Waals surface area contributed by atoms with Crippen LogP contribution in [0.5, 0.6) is 0 Å². The van der Waals surface area contributed by atoms with E-state index < -0.39 is 0 Å². The number of hydrogen-bond donors (Lipinski definition) is 0. The SMILES string of the molecule is O=Nc1cnc(-n2ccc3cc(Cl)ccc32)nc1. The highest BCUT2D eigenvalue weighted by molar-refractivity contribution is 6.31. The van der Waals surface area contributed by atoms with Crippen molar-refractivity contribution in [1.29, 1.82) is 0 Å². The van der Waals surface area contributed by atoms with Gasteiger partial charge in [-0.25, -0.2) is 9.97 Å². The van der Waals surface area contributed by atoms with Crippen molar-refractivity contribution in [2.75, 3.05) is 0 Å². The van der Waals surface area contributed by atoms with Crippen LogP contribution in [0.25, 0.3) is 16.9 Å². The lowest BCUT2D eigenvalue weighted by Crippen LogP contribution is -1.98. The van der Waals surface area contributed by atoms with Crippen molar-refractivity contribution in [3.8, 4) is 5.95 Å². The Kier molecular flexibility index (Phi) is 2.53. The molecule has 0 fully saturated rings. The summed E-state index contributed by atoms with van der Waals surface area (Å²) in [5, 5.41) is 4.45. The molecule has 0 unspecified atom stereocenters. The van der Waals surface area contributed by atoms with Gasteiger partial charge in [-0.15, -0.1) is 4.91 Å². The summed E-state index contributed by atoms with van der Waals surface area (Å²) in [7, 11) is 0. The molecule has 0 saturated heterocycles. The third-order valence-corrected chi connectivity index (χ3v) is 2.83. The first-order valence-corrected chi connectivity index (χ1v) is 5.58. The average molecular weight is 259 g/mol. The molecule has 0 aliphatic heterocycles. The highest BCUT2D eigenvalue weighted by atomic mass is 35.5. The number of nitroso groups, excluding NO2 is 1. The molecule has 0 aliphatic carbocycles. The van der Waals surface area contributed by atoms with Crippen LogP contribution in [-0.4, -0.2) is 14.5 Å². The maximum Gasteiger partial charge on any atom is 0.234 e. The lowest BCUT2D eigenvalue weighted by molar-refractivity contribution is 0.961. The van der Waals surface area contributed by atoms with Crippen molar-refractivity contribution in [2.24, 2.45) is 5.18 Å². The third-order valence-electron chi connectivity index (χ3n) is 2.60. The van der Waals surface area contributed by atoms with Crippen molar-refractivity contribution >= 4 is 28.2 Å². The maximum atomic E-state index is 10.3. The summed E-state index contributed by atoms with van der Waals surface area (Å²) < 4.78 is 1.82. The molecule has 2 aromatic heterocycles. The van der Waals surface area contributed by atoms with Crippen LogP contribution in [0, 0.1) is 4.91 Å². The molecule has 0 atom stereocenters. The molecule has 0 N–H and O–H groups in total. The molecule has 3 aromatic rings. The van der Waals surface area contributed by atoms with E-state index in [1.807, 2.05) is 35.0 Å².